The van der Waals surface area contributed by atoms with Gasteiger partial charge in [0, 0.05) is 6.07 Å². The summed E-state index contributed by atoms with van der Waals surface area (Å²) in [5, 5.41) is 23.2. The molecule has 1 heterocycles. The molecule has 114 valence electrons. The van der Waals surface area contributed by atoms with Gasteiger partial charge in [-0.3, -0.25) is 10.1 Å². The van der Waals surface area contributed by atoms with E-state index < -0.39 is 16.4 Å². The SMILES string of the molecule is Nc1nc(NC2(C(=O)O)CCCCCC2)ccc1[N+](=O)[O-]. The number of nitrogen functional groups attached to an aromatic ring is 1. The lowest BCUT2D eigenvalue weighted by atomic mass is 9.90. The number of nitrogens with two attached hydrogens (primary N) is 1. The van der Waals surface area contributed by atoms with Crippen LogP contribution in [0, 0.1) is 10.1 Å². The van der Waals surface area contributed by atoms with Crippen LogP contribution < -0.4 is 11.1 Å². The van der Waals surface area contributed by atoms with E-state index >= 15 is 0 Å². The number of carboxylic acids is 1. The van der Waals surface area contributed by atoms with Crippen LogP contribution in [0.4, 0.5) is 17.3 Å². The van der Waals surface area contributed by atoms with E-state index in [9.17, 15) is 20.0 Å². The normalized spacial score (nSPS) is 17.7. The first-order valence-corrected chi connectivity index (χ1v) is 6.87. The van der Waals surface area contributed by atoms with Gasteiger partial charge >= 0.3 is 11.7 Å². The monoisotopic (exact) mass is 294 g/mol. The predicted molar refractivity (Wildman–Crippen MR) is 77.0 cm³/mol. The van der Waals surface area contributed by atoms with Crippen LogP contribution in [0.15, 0.2) is 12.1 Å². The molecule has 4 N–H and O–H groups in total. The molecule has 0 radical (unpaired) electrons. The van der Waals surface area contributed by atoms with E-state index in [1.165, 1.54) is 12.1 Å². The topological polar surface area (TPSA) is 131 Å². The van der Waals surface area contributed by atoms with Gasteiger partial charge in [0.15, 0.2) is 0 Å². The van der Waals surface area contributed by atoms with Crippen molar-refractivity contribution in [3.05, 3.63) is 22.2 Å². The molecule has 1 aromatic rings. The molecule has 0 bridgehead atoms. The summed E-state index contributed by atoms with van der Waals surface area (Å²) in [6.45, 7) is 0. The highest BCUT2D eigenvalue weighted by atomic mass is 16.6. The van der Waals surface area contributed by atoms with E-state index in [1.54, 1.807) is 0 Å². The van der Waals surface area contributed by atoms with Crippen molar-refractivity contribution >= 4 is 23.3 Å². The molecule has 0 saturated heterocycles. The van der Waals surface area contributed by atoms with Gasteiger partial charge in [-0.25, -0.2) is 9.78 Å². The molecule has 8 heteroatoms. The fraction of sp³-hybridized carbons (Fsp3) is 0.538. The molecule has 1 aromatic heterocycles. The van der Waals surface area contributed by atoms with Crippen LogP contribution in [-0.2, 0) is 4.79 Å². The number of nitrogens with one attached hydrogen (secondary N) is 1. The zero-order chi connectivity index (χ0) is 15.5. The summed E-state index contributed by atoms with van der Waals surface area (Å²) >= 11 is 0. The predicted octanol–water partition coefficient (Wildman–Crippen LogP) is 2.16. The Kier molecular flexibility index (Phi) is 4.25. The van der Waals surface area contributed by atoms with Crippen LogP contribution in [-0.4, -0.2) is 26.5 Å². The van der Waals surface area contributed by atoms with Crippen LogP contribution in [0.25, 0.3) is 0 Å². The Hall–Kier alpha value is -2.38. The minimum Gasteiger partial charge on any atom is -0.480 e. The number of aromatic nitrogens is 1. The van der Waals surface area contributed by atoms with Crippen LogP contribution in [0.1, 0.15) is 38.5 Å². The van der Waals surface area contributed by atoms with Crippen LogP contribution in [0.5, 0.6) is 0 Å². The maximum atomic E-state index is 11.7. The molecule has 2 rings (SSSR count). The fourth-order valence-corrected chi connectivity index (χ4v) is 2.66. The molecule has 8 nitrogen and oxygen atoms in total. The minimum atomic E-state index is -1.08. The minimum absolute atomic E-state index is 0.223. The molecule has 1 aliphatic rings. The summed E-state index contributed by atoms with van der Waals surface area (Å²) in [5.74, 6) is -0.898. The first kappa shape index (κ1) is 15.0. The maximum Gasteiger partial charge on any atom is 0.329 e. The van der Waals surface area contributed by atoms with Crippen molar-refractivity contribution in [1.29, 1.82) is 0 Å². The van der Waals surface area contributed by atoms with E-state index in [2.05, 4.69) is 10.3 Å². The second-order valence-electron chi connectivity index (χ2n) is 5.28. The molecule has 21 heavy (non-hydrogen) atoms. The summed E-state index contributed by atoms with van der Waals surface area (Å²) in [5.41, 5.74) is 4.17. The average molecular weight is 294 g/mol. The van der Waals surface area contributed by atoms with Gasteiger partial charge in [-0.1, -0.05) is 25.7 Å². The third-order valence-electron chi connectivity index (χ3n) is 3.83. The first-order valence-electron chi connectivity index (χ1n) is 6.87. The van der Waals surface area contributed by atoms with Crippen molar-refractivity contribution < 1.29 is 14.8 Å². The van der Waals surface area contributed by atoms with Gasteiger partial charge in [-0.05, 0) is 18.9 Å². The Bertz CT molecular complexity index is 553. The van der Waals surface area contributed by atoms with Crippen LogP contribution >= 0.6 is 0 Å². The third-order valence-corrected chi connectivity index (χ3v) is 3.83. The molecule has 1 saturated carbocycles. The number of aliphatic carboxylic acids is 1. The maximum absolute atomic E-state index is 11.7. The lowest BCUT2D eigenvalue weighted by molar-refractivity contribution is -0.384. The molecule has 0 spiro atoms. The van der Waals surface area contributed by atoms with Crippen molar-refractivity contribution in [2.45, 2.75) is 44.1 Å². The highest BCUT2D eigenvalue weighted by molar-refractivity contribution is 5.82. The Morgan fingerprint density at radius 1 is 1.33 bits per heavy atom. The van der Waals surface area contributed by atoms with Gasteiger partial charge in [0.1, 0.15) is 11.4 Å². The molecular weight excluding hydrogens is 276 g/mol. The Balaban J connectivity index is 2.26. The number of hydrogen-bond donors (Lipinski definition) is 3. The van der Waals surface area contributed by atoms with Crippen molar-refractivity contribution in [1.82, 2.24) is 4.98 Å². The van der Waals surface area contributed by atoms with Gasteiger partial charge in [0.25, 0.3) is 0 Å². The molecule has 0 atom stereocenters. The second-order valence-corrected chi connectivity index (χ2v) is 5.28. The summed E-state index contributed by atoms with van der Waals surface area (Å²) in [7, 11) is 0. The summed E-state index contributed by atoms with van der Waals surface area (Å²) in [6, 6.07) is 2.63. The number of pyridine rings is 1. The number of nitro groups is 1. The first-order chi connectivity index (χ1) is 9.94. The number of anilines is 2. The van der Waals surface area contributed by atoms with E-state index in [1.807, 2.05) is 0 Å². The lowest BCUT2D eigenvalue weighted by Gasteiger charge is -2.29. The molecule has 1 aliphatic carbocycles. The van der Waals surface area contributed by atoms with Crippen LogP contribution in [0.2, 0.25) is 0 Å². The van der Waals surface area contributed by atoms with E-state index in [0.29, 0.717) is 12.8 Å². The summed E-state index contributed by atoms with van der Waals surface area (Å²) < 4.78 is 0. The Morgan fingerprint density at radius 3 is 2.43 bits per heavy atom. The highest BCUT2D eigenvalue weighted by Gasteiger charge is 2.39. The number of carboxylic acid groups (broad SMARTS) is 1. The molecule has 0 aromatic carbocycles. The van der Waals surface area contributed by atoms with Crippen LogP contribution in [0.3, 0.4) is 0 Å². The fourth-order valence-electron chi connectivity index (χ4n) is 2.66. The molecular formula is C13H18N4O4. The molecule has 1 fully saturated rings. The van der Waals surface area contributed by atoms with Gasteiger partial charge in [-0.2, -0.15) is 0 Å². The second kappa shape index (κ2) is 5.94. The lowest BCUT2D eigenvalue weighted by Crippen LogP contribution is -2.46. The molecule has 0 aliphatic heterocycles. The number of nitrogens with zero attached hydrogens (tertiary/aromatic N) is 2. The number of carbonyl (C=O) groups is 1. The largest absolute Gasteiger partial charge is 0.480 e. The number of rotatable bonds is 4. The summed E-state index contributed by atoms with van der Waals surface area (Å²) in [4.78, 5) is 25.7. The quantitative estimate of drug-likeness (QED) is 0.440. The van der Waals surface area contributed by atoms with Gasteiger partial charge < -0.3 is 16.2 Å². The highest BCUT2D eigenvalue weighted by Crippen LogP contribution is 2.31. The zero-order valence-corrected chi connectivity index (χ0v) is 11.5. The standard InChI is InChI=1S/C13H18N4O4/c14-11-9(17(20)21)5-6-10(15-11)16-13(12(18)19)7-3-1-2-4-8-13/h5-6H,1-4,7-8H2,(H,18,19)(H3,14,15,16). The zero-order valence-electron chi connectivity index (χ0n) is 11.5. The van der Waals surface area contributed by atoms with E-state index in [-0.39, 0.29) is 17.3 Å². The van der Waals surface area contributed by atoms with Gasteiger partial charge in [0.2, 0.25) is 5.82 Å². The summed E-state index contributed by atoms with van der Waals surface area (Å²) in [6.07, 6.45) is 4.66. The van der Waals surface area contributed by atoms with E-state index in [4.69, 9.17) is 5.73 Å². The Morgan fingerprint density at radius 2 is 1.95 bits per heavy atom. The third kappa shape index (κ3) is 3.21. The molecule has 0 amide bonds. The Labute approximate surface area is 121 Å². The van der Waals surface area contributed by atoms with Gasteiger partial charge in [0.05, 0.1) is 4.92 Å². The van der Waals surface area contributed by atoms with Crippen molar-refractivity contribution in [3.8, 4) is 0 Å². The van der Waals surface area contributed by atoms with Crippen molar-refractivity contribution in [2.24, 2.45) is 0 Å². The van der Waals surface area contributed by atoms with Gasteiger partial charge in [-0.15, -0.1) is 0 Å². The number of hydrogen-bond acceptors (Lipinski definition) is 6. The van der Waals surface area contributed by atoms with Crippen molar-refractivity contribution in [2.75, 3.05) is 11.1 Å². The molecule has 0 unspecified atom stereocenters. The van der Waals surface area contributed by atoms with E-state index in [0.717, 1.165) is 25.7 Å². The van der Waals surface area contributed by atoms with Crippen molar-refractivity contribution in [3.63, 3.8) is 0 Å². The average Bonchev–Trinajstić information content (AvgIpc) is 2.65. The smallest absolute Gasteiger partial charge is 0.329 e.